The summed E-state index contributed by atoms with van der Waals surface area (Å²) in [6.07, 6.45) is 13.0. The average Bonchev–Trinajstić information content (AvgIpc) is 2.78. The Bertz CT molecular complexity index is 888. The molecular weight excluding hydrogens is 428 g/mol. The summed E-state index contributed by atoms with van der Waals surface area (Å²) in [7, 11) is 2.80. The lowest BCUT2D eigenvalue weighted by molar-refractivity contribution is -0.142. The molecule has 0 aliphatic rings. The van der Waals surface area contributed by atoms with Gasteiger partial charge in [0.15, 0.2) is 0 Å². The van der Waals surface area contributed by atoms with E-state index in [-0.39, 0.29) is 18.2 Å². The maximum absolute atomic E-state index is 12.8. The van der Waals surface area contributed by atoms with Crippen LogP contribution in [0.4, 0.5) is 0 Å². The number of amides is 2. The maximum atomic E-state index is 12.8. The second-order valence-electron chi connectivity index (χ2n) is 7.02. The topological polar surface area (TPSA) is 75.7 Å². The largest absolute Gasteiger partial charge is 0.467 e. The summed E-state index contributed by atoms with van der Waals surface area (Å²) >= 11 is 5.60. The molecule has 1 N–H and O–H groups in total. The molecule has 0 radical (unpaired) electrons. The number of carbonyl (C=O) groups excluding carboxylic acids is 3. The zero-order valence-electron chi connectivity index (χ0n) is 18.8. The van der Waals surface area contributed by atoms with Crippen molar-refractivity contribution in [2.24, 2.45) is 0 Å². The van der Waals surface area contributed by atoms with Gasteiger partial charge in [-0.15, -0.1) is 0 Å². The van der Waals surface area contributed by atoms with E-state index >= 15 is 0 Å². The van der Waals surface area contributed by atoms with Crippen LogP contribution in [0.5, 0.6) is 0 Å². The van der Waals surface area contributed by atoms with Crippen molar-refractivity contribution < 1.29 is 19.1 Å². The number of hydrogen-bond acceptors (Lipinski definition) is 4. The number of benzene rings is 1. The summed E-state index contributed by atoms with van der Waals surface area (Å²) in [4.78, 5) is 36.5. The molecule has 0 saturated carbocycles. The molecule has 1 aromatic rings. The standard InChI is InChI=1S/C25H31ClN2O4/c1-5-11-19(12-6-2)18-22(25(31)32-4)27-24(30)21-15-10-14-20(17-21)13-8-7-9-16-23(29)28(3)26/h5-6,8,10-15,17,22H,1,7,9,16,18H2,2-4H3,(H,27,30). The molecule has 0 aliphatic carbocycles. The van der Waals surface area contributed by atoms with Crippen LogP contribution in [0.15, 0.2) is 66.8 Å². The first-order valence-corrected chi connectivity index (χ1v) is 10.7. The lowest BCUT2D eigenvalue weighted by Crippen LogP contribution is -2.41. The maximum Gasteiger partial charge on any atom is 0.328 e. The Morgan fingerprint density at radius 2 is 2.06 bits per heavy atom. The Hall–Kier alpha value is -3.12. The zero-order chi connectivity index (χ0) is 23.9. The molecule has 2 amide bonds. The number of carbonyl (C=O) groups is 3. The van der Waals surface area contributed by atoms with E-state index in [0.717, 1.165) is 15.6 Å². The minimum Gasteiger partial charge on any atom is -0.467 e. The van der Waals surface area contributed by atoms with E-state index in [1.807, 2.05) is 37.3 Å². The molecule has 32 heavy (non-hydrogen) atoms. The second-order valence-corrected chi connectivity index (χ2v) is 7.53. The molecule has 0 spiro atoms. The lowest BCUT2D eigenvalue weighted by atomic mass is 10.0. The van der Waals surface area contributed by atoms with Crippen LogP contribution < -0.4 is 5.32 Å². The molecule has 0 bridgehead atoms. The molecule has 1 unspecified atom stereocenters. The van der Waals surface area contributed by atoms with Crippen molar-refractivity contribution in [3.05, 3.63) is 77.9 Å². The second kappa shape index (κ2) is 14.8. The van der Waals surface area contributed by atoms with Crippen molar-refractivity contribution >= 4 is 35.6 Å². The van der Waals surface area contributed by atoms with Gasteiger partial charge in [0.2, 0.25) is 5.91 Å². The van der Waals surface area contributed by atoms with E-state index in [9.17, 15) is 14.4 Å². The highest BCUT2D eigenvalue weighted by atomic mass is 35.5. The van der Waals surface area contributed by atoms with Crippen LogP contribution in [0.1, 0.15) is 48.5 Å². The molecule has 172 valence electrons. The van der Waals surface area contributed by atoms with Gasteiger partial charge < -0.3 is 10.1 Å². The Morgan fingerprint density at radius 1 is 1.31 bits per heavy atom. The van der Waals surface area contributed by atoms with Crippen LogP contribution in [0.2, 0.25) is 0 Å². The third-order valence-electron chi connectivity index (χ3n) is 4.51. The zero-order valence-corrected chi connectivity index (χ0v) is 19.6. The van der Waals surface area contributed by atoms with Crippen molar-refractivity contribution in [1.82, 2.24) is 9.74 Å². The first kappa shape index (κ1) is 26.9. The third-order valence-corrected chi connectivity index (χ3v) is 4.70. The van der Waals surface area contributed by atoms with Gasteiger partial charge in [-0.05, 0) is 43.0 Å². The fraction of sp³-hybridized carbons (Fsp3) is 0.320. The van der Waals surface area contributed by atoms with Gasteiger partial charge in [-0.2, -0.15) is 0 Å². The van der Waals surface area contributed by atoms with E-state index in [0.29, 0.717) is 24.8 Å². The van der Waals surface area contributed by atoms with Gasteiger partial charge in [0, 0.05) is 37.2 Å². The number of halogens is 1. The average molecular weight is 459 g/mol. The first-order chi connectivity index (χ1) is 15.3. The Labute approximate surface area is 195 Å². The molecule has 1 rings (SSSR count). The Balaban J connectivity index is 2.82. The number of esters is 1. The van der Waals surface area contributed by atoms with Crippen molar-refractivity contribution in [2.45, 2.75) is 38.6 Å². The molecule has 0 fully saturated rings. The minimum absolute atomic E-state index is 0.126. The van der Waals surface area contributed by atoms with Crippen LogP contribution in [0.25, 0.3) is 6.08 Å². The number of nitrogens with zero attached hydrogens (tertiary/aromatic N) is 1. The molecule has 1 atom stereocenters. The summed E-state index contributed by atoms with van der Waals surface area (Å²) in [5, 5.41) is 2.76. The summed E-state index contributed by atoms with van der Waals surface area (Å²) in [6, 6.07) is 6.25. The van der Waals surface area contributed by atoms with Gasteiger partial charge in [0.1, 0.15) is 6.04 Å². The van der Waals surface area contributed by atoms with Crippen LogP contribution in [0, 0.1) is 0 Å². The molecule has 0 aliphatic heterocycles. The van der Waals surface area contributed by atoms with Crippen LogP contribution in [-0.2, 0) is 14.3 Å². The highest BCUT2D eigenvalue weighted by Gasteiger charge is 2.23. The number of allylic oxidation sites excluding steroid dienone is 5. The SMILES string of the molecule is C=CC=C(C=CC)CC(NC(=O)c1cccc(C=CCCCC(=O)N(C)Cl)c1)C(=O)OC. The Morgan fingerprint density at radius 3 is 2.69 bits per heavy atom. The van der Waals surface area contributed by atoms with Crippen LogP contribution in [0.3, 0.4) is 0 Å². The van der Waals surface area contributed by atoms with Crippen LogP contribution in [-0.4, -0.2) is 42.4 Å². The van der Waals surface area contributed by atoms with Gasteiger partial charge in [-0.25, -0.2) is 4.79 Å². The number of nitrogens with one attached hydrogen (secondary N) is 1. The highest BCUT2D eigenvalue weighted by Crippen LogP contribution is 2.13. The van der Waals surface area contributed by atoms with E-state index < -0.39 is 12.0 Å². The predicted octanol–water partition coefficient (Wildman–Crippen LogP) is 4.83. The smallest absolute Gasteiger partial charge is 0.328 e. The van der Waals surface area contributed by atoms with E-state index in [1.165, 1.54) is 14.2 Å². The van der Waals surface area contributed by atoms with Gasteiger partial charge in [0.05, 0.1) is 7.11 Å². The van der Waals surface area contributed by atoms with Gasteiger partial charge in [-0.1, -0.05) is 55.2 Å². The summed E-state index contributed by atoms with van der Waals surface area (Å²) in [5.41, 5.74) is 2.11. The monoisotopic (exact) mass is 458 g/mol. The van der Waals surface area contributed by atoms with E-state index in [1.54, 1.807) is 30.4 Å². The fourth-order valence-electron chi connectivity index (χ4n) is 2.90. The number of unbranched alkanes of at least 4 members (excludes halogenated alkanes) is 1. The highest BCUT2D eigenvalue weighted by molar-refractivity contribution is 6.20. The number of hydrogen-bond donors (Lipinski definition) is 1. The van der Waals surface area contributed by atoms with E-state index in [4.69, 9.17) is 16.5 Å². The minimum atomic E-state index is -0.827. The molecule has 1 aromatic carbocycles. The number of methoxy groups -OCH3 is 1. The molecule has 7 heteroatoms. The predicted molar refractivity (Wildman–Crippen MR) is 129 cm³/mol. The van der Waals surface area contributed by atoms with Crippen molar-refractivity contribution in [2.75, 3.05) is 14.2 Å². The molecule has 0 aromatic heterocycles. The number of rotatable bonds is 12. The van der Waals surface area contributed by atoms with Gasteiger partial charge in [0.25, 0.3) is 5.91 Å². The van der Waals surface area contributed by atoms with Crippen molar-refractivity contribution in [3.63, 3.8) is 0 Å². The van der Waals surface area contributed by atoms with Gasteiger partial charge in [-0.3, -0.25) is 14.0 Å². The quantitative estimate of drug-likeness (QED) is 0.210. The summed E-state index contributed by atoms with van der Waals surface area (Å²) in [5.74, 6) is -1.02. The molecule has 0 heterocycles. The Kier molecular flexibility index (Phi) is 12.5. The molecule has 6 nitrogen and oxygen atoms in total. The third kappa shape index (κ3) is 9.79. The van der Waals surface area contributed by atoms with Crippen molar-refractivity contribution in [3.8, 4) is 0 Å². The molecular formula is C25H31ClN2O4. The van der Waals surface area contributed by atoms with Gasteiger partial charge >= 0.3 is 5.97 Å². The van der Waals surface area contributed by atoms with Crippen LogP contribution >= 0.6 is 11.8 Å². The summed E-state index contributed by atoms with van der Waals surface area (Å²) < 4.78 is 5.92. The van der Waals surface area contributed by atoms with Crippen molar-refractivity contribution in [1.29, 1.82) is 0 Å². The lowest BCUT2D eigenvalue weighted by Gasteiger charge is -2.17. The normalized spacial score (nSPS) is 12.6. The molecule has 0 saturated heterocycles. The first-order valence-electron chi connectivity index (χ1n) is 10.3. The summed E-state index contributed by atoms with van der Waals surface area (Å²) in [6.45, 7) is 5.55. The fourth-order valence-corrected chi connectivity index (χ4v) is 2.98. The number of ether oxygens (including phenoxy) is 1. The van der Waals surface area contributed by atoms with E-state index in [2.05, 4.69) is 11.9 Å².